The summed E-state index contributed by atoms with van der Waals surface area (Å²) in [6, 6.07) is 8.08. The molecule has 1 unspecified atom stereocenters. The van der Waals surface area contributed by atoms with Crippen LogP contribution in [0.15, 0.2) is 24.3 Å². The van der Waals surface area contributed by atoms with Gasteiger partial charge in [0.2, 0.25) is 0 Å². The van der Waals surface area contributed by atoms with Crippen LogP contribution in [-0.4, -0.2) is 66.4 Å². The third-order valence-corrected chi connectivity index (χ3v) is 4.95. The summed E-state index contributed by atoms with van der Waals surface area (Å²) in [6.07, 6.45) is 4.35. The predicted octanol–water partition coefficient (Wildman–Crippen LogP) is 3.05. The van der Waals surface area contributed by atoms with E-state index in [2.05, 4.69) is 16.2 Å². The van der Waals surface area contributed by atoms with Crippen molar-refractivity contribution >= 4 is 5.97 Å². The van der Waals surface area contributed by atoms with Crippen molar-refractivity contribution < 1.29 is 34.3 Å². The van der Waals surface area contributed by atoms with Crippen LogP contribution < -0.4 is 10.1 Å². The molecule has 1 atom stereocenters. The number of nitrogens with zero attached hydrogens (tertiary/aromatic N) is 1. The van der Waals surface area contributed by atoms with Gasteiger partial charge in [0.1, 0.15) is 25.1 Å². The lowest BCUT2D eigenvalue weighted by Crippen LogP contribution is -2.44. The minimum absolute atomic E-state index is 0.00287. The molecule has 0 radical (unpaired) electrons. The molecule has 9 nitrogen and oxygen atoms in total. The van der Waals surface area contributed by atoms with Crippen LogP contribution in [0.2, 0.25) is 0 Å². The van der Waals surface area contributed by atoms with Gasteiger partial charge in [0, 0.05) is 12.1 Å². The highest BCUT2D eigenvalue weighted by atomic mass is 17.1. The number of rotatable bonds is 13. The zero-order chi connectivity index (χ0) is 22.7. The Morgan fingerprint density at radius 1 is 1.19 bits per heavy atom. The van der Waals surface area contributed by atoms with Crippen LogP contribution >= 0.6 is 0 Å². The molecule has 31 heavy (non-hydrogen) atoms. The van der Waals surface area contributed by atoms with E-state index in [0.717, 1.165) is 5.75 Å². The Hall–Kier alpha value is -1.75. The fourth-order valence-corrected chi connectivity index (χ4v) is 3.48. The van der Waals surface area contributed by atoms with Crippen molar-refractivity contribution in [3.05, 3.63) is 29.8 Å². The van der Waals surface area contributed by atoms with Crippen molar-refractivity contribution in [2.75, 3.05) is 33.0 Å². The number of ether oxygens (including phenoxy) is 3. The van der Waals surface area contributed by atoms with Crippen molar-refractivity contribution in [1.82, 2.24) is 10.7 Å². The summed E-state index contributed by atoms with van der Waals surface area (Å²) >= 11 is 0. The normalized spacial score (nSPS) is 15.9. The molecule has 2 rings (SSSR count). The minimum atomic E-state index is -0.529. The fraction of sp³-hybridized carbons (Fsp3) is 0.682. The number of para-hydroxylation sites is 1. The Morgan fingerprint density at radius 2 is 1.90 bits per heavy atom. The number of benzene rings is 1. The summed E-state index contributed by atoms with van der Waals surface area (Å²) < 4.78 is 16.8. The van der Waals surface area contributed by atoms with Crippen LogP contribution in [0.25, 0.3) is 0 Å². The molecule has 176 valence electrons. The van der Waals surface area contributed by atoms with Gasteiger partial charge in [-0.25, -0.2) is 9.63 Å². The van der Waals surface area contributed by atoms with Gasteiger partial charge in [0.05, 0.1) is 18.6 Å². The van der Waals surface area contributed by atoms with E-state index in [0.29, 0.717) is 12.5 Å². The second-order valence-electron chi connectivity index (χ2n) is 8.71. The highest BCUT2D eigenvalue weighted by Crippen LogP contribution is 2.38. The van der Waals surface area contributed by atoms with Crippen LogP contribution in [0.4, 0.5) is 0 Å². The number of esters is 1. The monoisotopic (exact) mass is 440 g/mol. The zero-order valence-corrected chi connectivity index (χ0v) is 18.7. The number of carbonyl (C=O) groups is 1. The first-order valence-corrected chi connectivity index (χ1v) is 10.8. The maximum absolute atomic E-state index is 12.2. The average molecular weight is 441 g/mol. The maximum atomic E-state index is 12.2. The molecule has 0 aliphatic heterocycles. The summed E-state index contributed by atoms with van der Waals surface area (Å²) in [5, 5.41) is 19.8. The Kier molecular flexibility index (Phi) is 10.7. The van der Waals surface area contributed by atoms with Crippen molar-refractivity contribution in [3.8, 4) is 5.75 Å². The third-order valence-electron chi connectivity index (χ3n) is 4.95. The van der Waals surface area contributed by atoms with Crippen molar-refractivity contribution in [2.45, 2.75) is 64.0 Å². The first-order chi connectivity index (χ1) is 14.7. The first-order valence-electron chi connectivity index (χ1n) is 10.8. The maximum Gasteiger partial charge on any atom is 0.332 e. The molecule has 0 saturated heterocycles. The Morgan fingerprint density at radius 3 is 2.58 bits per heavy atom. The standard InChI is InChI=1S/C22H36N2O7/c1-22(2,3)23-14-18(31-21(25)16-28-12-13-30-24(26)27)15-29-20-11-7-6-10-19(20)17-8-4-5-9-17/h6-7,10-11,17-18,23,26-27H,4-5,8-9,12-16H2,1-3H3. The molecule has 1 aromatic carbocycles. The number of nitrogens with one attached hydrogen (secondary N) is 1. The smallest absolute Gasteiger partial charge is 0.332 e. The second-order valence-corrected chi connectivity index (χ2v) is 8.71. The van der Waals surface area contributed by atoms with Crippen LogP contribution in [0.3, 0.4) is 0 Å². The van der Waals surface area contributed by atoms with Gasteiger partial charge < -0.3 is 19.5 Å². The van der Waals surface area contributed by atoms with Crippen LogP contribution in [-0.2, 0) is 19.1 Å². The summed E-state index contributed by atoms with van der Waals surface area (Å²) in [4.78, 5) is 16.5. The Labute approximate surface area is 184 Å². The predicted molar refractivity (Wildman–Crippen MR) is 113 cm³/mol. The van der Waals surface area contributed by atoms with Gasteiger partial charge in [-0.1, -0.05) is 31.0 Å². The van der Waals surface area contributed by atoms with E-state index in [9.17, 15) is 4.79 Å². The topological polar surface area (TPSA) is 110 Å². The molecule has 1 aromatic rings. The summed E-state index contributed by atoms with van der Waals surface area (Å²) in [5.41, 5.74) is 1.08. The van der Waals surface area contributed by atoms with E-state index in [1.54, 1.807) is 0 Å². The highest BCUT2D eigenvalue weighted by Gasteiger charge is 2.23. The van der Waals surface area contributed by atoms with Crippen molar-refractivity contribution in [1.29, 1.82) is 0 Å². The van der Waals surface area contributed by atoms with Gasteiger partial charge in [0.25, 0.3) is 0 Å². The highest BCUT2D eigenvalue weighted by molar-refractivity contribution is 5.70. The van der Waals surface area contributed by atoms with Crippen LogP contribution in [0, 0.1) is 0 Å². The molecular weight excluding hydrogens is 404 g/mol. The molecular formula is C22H36N2O7. The van der Waals surface area contributed by atoms with Gasteiger partial charge in [-0.15, -0.1) is 0 Å². The second kappa shape index (κ2) is 12.9. The van der Waals surface area contributed by atoms with Gasteiger partial charge in [-0.3, -0.25) is 10.4 Å². The lowest BCUT2D eigenvalue weighted by molar-refractivity contribution is -0.493. The van der Waals surface area contributed by atoms with Crippen molar-refractivity contribution in [3.63, 3.8) is 0 Å². The quantitative estimate of drug-likeness (QED) is 0.242. The largest absolute Gasteiger partial charge is 0.489 e. The zero-order valence-electron chi connectivity index (χ0n) is 18.7. The molecule has 3 N–H and O–H groups in total. The molecule has 0 heterocycles. The molecule has 0 bridgehead atoms. The van der Waals surface area contributed by atoms with Gasteiger partial charge in [-0.05, 0) is 51.2 Å². The molecule has 1 aliphatic rings. The number of hydrogen-bond acceptors (Lipinski definition) is 9. The summed E-state index contributed by atoms with van der Waals surface area (Å²) in [5.74, 6) is 0.838. The molecule has 1 aliphatic carbocycles. The fourth-order valence-electron chi connectivity index (χ4n) is 3.48. The summed E-state index contributed by atoms with van der Waals surface area (Å²) in [6.45, 7) is 6.40. The number of hydrogen-bond donors (Lipinski definition) is 3. The molecule has 0 aromatic heterocycles. The van der Waals surface area contributed by atoms with E-state index in [1.165, 1.54) is 31.2 Å². The average Bonchev–Trinajstić information content (AvgIpc) is 3.24. The van der Waals surface area contributed by atoms with Crippen LogP contribution in [0.1, 0.15) is 57.9 Å². The van der Waals surface area contributed by atoms with Crippen LogP contribution in [0.5, 0.6) is 5.75 Å². The van der Waals surface area contributed by atoms with E-state index in [-0.39, 0.29) is 32.0 Å². The van der Waals surface area contributed by atoms with E-state index in [1.807, 2.05) is 39.0 Å². The molecule has 0 amide bonds. The lowest BCUT2D eigenvalue weighted by Gasteiger charge is -2.26. The summed E-state index contributed by atoms with van der Waals surface area (Å²) in [7, 11) is 0. The van der Waals surface area contributed by atoms with E-state index >= 15 is 0 Å². The van der Waals surface area contributed by atoms with Gasteiger partial charge in [0.15, 0.2) is 0 Å². The lowest BCUT2D eigenvalue weighted by atomic mass is 9.97. The van der Waals surface area contributed by atoms with Gasteiger partial charge in [-0.2, -0.15) is 0 Å². The Bertz CT molecular complexity index is 658. The molecule has 0 spiro atoms. The molecule has 1 fully saturated rings. The molecule has 1 saturated carbocycles. The molecule has 9 heteroatoms. The number of carbonyl (C=O) groups excluding carboxylic acids is 1. The third kappa shape index (κ3) is 10.4. The Balaban J connectivity index is 1.88. The van der Waals surface area contributed by atoms with Crippen molar-refractivity contribution in [2.24, 2.45) is 0 Å². The minimum Gasteiger partial charge on any atom is -0.489 e. The van der Waals surface area contributed by atoms with E-state index < -0.39 is 17.5 Å². The van der Waals surface area contributed by atoms with E-state index in [4.69, 9.17) is 24.6 Å². The first kappa shape index (κ1) is 25.5. The SMILES string of the molecule is CC(C)(C)NCC(COc1ccccc1C1CCCC1)OC(=O)COCCON(O)O. The van der Waals surface area contributed by atoms with Gasteiger partial charge >= 0.3 is 5.97 Å².